The first-order chi connectivity index (χ1) is 10.3. The number of nitrogens with one attached hydrogen (secondary N) is 1. The van der Waals surface area contributed by atoms with E-state index in [1.165, 1.54) is 36.8 Å². The molecule has 0 radical (unpaired) electrons. The van der Waals surface area contributed by atoms with Gasteiger partial charge in [-0.2, -0.15) is 0 Å². The van der Waals surface area contributed by atoms with Crippen molar-refractivity contribution in [3.8, 4) is 0 Å². The molecule has 1 spiro atoms. The Morgan fingerprint density at radius 2 is 1.90 bits per heavy atom. The van der Waals surface area contributed by atoms with Crippen molar-refractivity contribution >= 4 is 5.91 Å². The predicted molar refractivity (Wildman–Crippen MR) is 83.5 cm³/mol. The highest BCUT2D eigenvalue weighted by Gasteiger charge is 2.44. The average Bonchev–Trinajstić information content (AvgIpc) is 2.80. The third kappa shape index (κ3) is 2.38. The maximum atomic E-state index is 12.8. The summed E-state index contributed by atoms with van der Waals surface area (Å²) in [5.41, 5.74) is 4.16. The van der Waals surface area contributed by atoms with Crippen LogP contribution in [0.3, 0.4) is 0 Å². The number of carbonyl (C=O) groups is 1. The first-order valence-electron chi connectivity index (χ1n) is 8.38. The van der Waals surface area contributed by atoms with Crippen LogP contribution in [0.1, 0.15) is 47.2 Å². The van der Waals surface area contributed by atoms with Crippen LogP contribution in [0.25, 0.3) is 0 Å². The predicted octanol–water partition coefficient (Wildman–Crippen LogP) is 2.39. The molecule has 3 heteroatoms. The van der Waals surface area contributed by atoms with Crippen molar-refractivity contribution < 1.29 is 4.79 Å². The normalized spacial score (nSPS) is 23.5. The van der Waals surface area contributed by atoms with Crippen molar-refractivity contribution in [2.24, 2.45) is 5.41 Å². The molecule has 1 N–H and O–H groups in total. The highest BCUT2D eigenvalue weighted by Crippen LogP contribution is 2.48. The van der Waals surface area contributed by atoms with Crippen LogP contribution in [0, 0.1) is 5.41 Å². The number of rotatable bonds is 1. The fourth-order valence-corrected chi connectivity index (χ4v) is 4.18. The fourth-order valence-electron chi connectivity index (χ4n) is 4.18. The van der Waals surface area contributed by atoms with Gasteiger partial charge in [0, 0.05) is 18.7 Å². The molecule has 1 saturated heterocycles. The molecule has 112 valence electrons. The topological polar surface area (TPSA) is 32.3 Å². The average molecular weight is 284 g/mol. The Balaban J connectivity index is 1.53. The summed E-state index contributed by atoms with van der Waals surface area (Å²) in [6, 6.07) is 6.36. The van der Waals surface area contributed by atoms with Gasteiger partial charge < -0.3 is 10.2 Å². The van der Waals surface area contributed by atoms with Gasteiger partial charge in [-0.3, -0.25) is 4.79 Å². The second-order valence-electron chi connectivity index (χ2n) is 7.06. The van der Waals surface area contributed by atoms with Gasteiger partial charge in [0.1, 0.15) is 0 Å². The van der Waals surface area contributed by atoms with E-state index in [1.54, 1.807) is 0 Å². The Morgan fingerprint density at radius 3 is 2.62 bits per heavy atom. The number of amides is 1. The molecule has 4 rings (SSSR count). The van der Waals surface area contributed by atoms with Crippen molar-refractivity contribution in [2.45, 2.75) is 38.5 Å². The van der Waals surface area contributed by atoms with Crippen LogP contribution >= 0.6 is 0 Å². The smallest absolute Gasteiger partial charge is 0.253 e. The molecule has 3 aliphatic rings. The van der Waals surface area contributed by atoms with Gasteiger partial charge in [0.15, 0.2) is 0 Å². The lowest BCUT2D eigenvalue weighted by molar-refractivity contribution is 0.0732. The van der Waals surface area contributed by atoms with E-state index in [2.05, 4.69) is 22.3 Å². The second-order valence-corrected chi connectivity index (χ2v) is 7.06. The number of hydrogen-bond acceptors (Lipinski definition) is 2. The summed E-state index contributed by atoms with van der Waals surface area (Å²) in [5.74, 6) is 0.249. The molecule has 2 fully saturated rings. The lowest BCUT2D eigenvalue weighted by Gasteiger charge is -2.38. The first kappa shape index (κ1) is 13.3. The molecule has 1 aliphatic carbocycles. The van der Waals surface area contributed by atoms with E-state index in [9.17, 15) is 4.79 Å². The summed E-state index contributed by atoms with van der Waals surface area (Å²) < 4.78 is 0. The van der Waals surface area contributed by atoms with Crippen molar-refractivity contribution in [1.82, 2.24) is 10.2 Å². The Hall–Kier alpha value is -1.35. The van der Waals surface area contributed by atoms with Gasteiger partial charge in [-0.25, -0.2) is 0 Å². The Labute approximate surface area is 126 Å². The molecule has 0 bridgehead atoms. The van der Waals surface area contributed by atoms with E-state index >= 15 is 0 Å². The third-order valence-electron chi connectivity index (χ3n) is 5.74. The minimum absolute atomic E-state index is 0.249. The van der Waals surface area contributed by atoms with E-state index in [0.29, 0.717) is 5.41 Å². The Bertz CT molecular complexity index is 562. The Morgan fingerprint density at radius 1 is 1.10 bits per heavy atom. The van der Waals surface area contributed by atoms with Gasteiger partial charge in [0.2, 0.25) is 0 Å². The van der Waals surface area contributed by atoms with Crippen LogP contribution in [0.4, 0.5) is 0 Å². The monoisotopic (exact) mass is 284 g/mol. The van der Waals surface area contributed by atoms with Gasteiger partial charge in [-0.05, 0) is 73.9 Å². The van der Waals surface area contributed by atoms with Crippen molar-refractivity contribution in [3.05, 3.63) is 34.9 Å². The molecule has 0 unspecified atom stereocenters. The lowest BCUT2D eigenvalue weighted by Crippen LogP contribution is -2.35. The van der Waals surface area contributed by atoms with Crippen molar-refractivity contribution in [1.29, 1.82) is 0 Å². The van der Waals surface area contributed by atoms with Gasteiger partial charge >= 0.3 is 0 Å². The summed E-state index contributed by atoms with van der Waals surface area (Å²) in [5, 5.41) is 3.43. The molecule has 2 aliphatic heterocycles. The first-order valence-corrected chi connectivity index (χ1v) is 8.38. The Kier molecular flexibility index (Phi) is 3.26. The van der Waals surface area contributed by atoms with Gasteiger partial charge in [-0.1, -0.05) is 12.5 Å². The van der Waals surface area contributed by atoms with Gasteiger partial charge in [0.25, 0.3) is 5.91 Å². The summed E-state index contributed by atoms with van der Waals surface area (Å²) in [6.07, 6.45) is 7.35. The minimum atomic E-state index is 0.249. The molecule has 1 amide bonds. The van der Waals surface area contributed by atoms with Crippen LogP contribution in [-0.4, -0.2) is 37.0 Å². The number of likely N-dealkylation sites (tertiary alicyclic amines) is 1. The van der Waals surface area contributed by atoms with E-state index in [4.69, 9.17) is 0 Å². The number of benzene rings is 1. The number of hydrogen-bond donors (Lipinski definition) is 1. The zero-order valence-corrected chi connectivity index (χ0v) is 12.7. The standard InChI is InChI=1S/C18H24N2O/c21-17(20-11-8-18(13-20)6-1-7-18)16-3-2-14-4-9-19-10-5-15(14)12-16/h2-3,12,19H,1,4-11,13H2. The largest absolute Gasteiger partial charge is 0.338 e. The molecule has 1 saturated carbocycles. The van der Waals surface area contributed by atoms with Crippen LogP contribution in [-0.2, 0) is 12.8 Å². The van der Waals surface area contributed by atoms with Crippen LogP contribution in [0.15, 0.2) is 18.2 Å². The maximum absolute atomic E-state index is 12.8. The second kappa shape index (κ2) is 5.13. The summed E-state index contributed by atoms with van der Waals surface area (Å²) in [4.78, 5) is 14.8. The zero-order valence-electron chi connectivity index (χ0n) is 12.7. The van der Waals surface area contributed by atoms with Crippen LogP contribution in [0.5, 0.6) is 0 Å². The number of carbonyl (C=O) groups excluding carboxylic acids is 1. The van der Waals surface area contributed by atoms with Crippen LogP contribution < -0.4 is 5.32 Å². The third-order valence-corrected chi connectivity index (χ3v) is 5.74. The SMILES string of the molecule is O=C(c1ccc2c(c1)CCNCC2)N1CCC2(CCC2)C1. The van der Waals surface area contributed by atoms with E-state index < -0.39 is 0 Å². The van der Waals surface area contributed by atoms with Crippen LogP contribution in [0.2, 0.25) is 0 Å². The lowest BCUT2D eigenvalue weighted by atomic mass is 9.68. The maximum Gasteiger partial charge on any atom is 0.253 e. The van der Waals surface area contributed by atoms with Crippen molar-refractivity contribution in [3.63, 3.8) is 0 Å². The molecule has 3 nitrogen and oxygen atoms in total. The van der Waals surface area contributed by atoms with Crippen molar-refractivity contribution in [2.75, 3.05) is 26.2 Å². The molecular formula is C18H24N2O. The molecule has 21 heavy (non-hydrogen) atoms. The quantitative estimate of drug-likeness (QED) is 0.859. The molecule has 1 aromatic rings. The number of nitrogens with zero attached hydrogens (tertiary/aromatic N) is 1. The molecule has 0 aromatic heterocycles. The van der Waals surface area contributed by atoms with Gasteiger partial charge in [0.05, 0.1) is 0 Å². The zero-order chi connectivity index (χ0) is 14.3. The number of fused-ring (bicyclic) bond motifs is 1. The molecule has 1 aromatic carbocycles. The van der Waals surface area contributed by atoms with E-state index in [-0.39, 0.29) is 5.91 Å². The molecule has 0 atom stereocenters. The summed E-state index contributed by atoms with van der Waals surface area (Å²) in [7, 11) is 0. The fraction of sp³-hybridized carbons (Fsp3) is 0.611. The highest BCUT2D eigenvalue weighted by molar-refractivity contribution is 5.94. The molecule has 2 heterocycles. The summed E-state index contributed by atoms with van der Waals surface area (Å²) in [6.45, 7) is 4.02. The van der Waals surface area contributed by atoms with E-state index in [1.807, 2.05) is 6.07 Å². The highest BCUT2D eigenvalue weighted by atomic mass is 16.2. The van der Waals surface area contributed by atoms with E-state index in [0.717, 1.165) is 44.6 Å². The minimum Gasteiger partial charge on any atom is -0.338 e. The molecular weight excluding hydrogens is 260 g/mol. The summed E-state index contributed by atoms with van der Waals surface area (Å²) >= 11 is 0. The van der Waals surface area contributed by atoms with Gasteiger partial charge in [-0.15, -0.1) is 0 Å².